The smallest absolute Gasteiger partial charge is 0.187 e. The molecule has 0 aromatic heterocycles. The summed E-state index contributed by atoms with van der Waals surface area (Å²) in [6.07, 6.45) is 1.75. The van der Waals surface area contributed by atoms with Crippen LogP contribution in [0.5, 0.6) is 0 Å². The topological polar surface area (TPSA) is 36.4 Å². The zero-order valence-corrected chi connectivity index (χ0v) is 10.6. The number of nitrogens with zero attached hydrogens (tertiary/aromatic N) is 1. The third-order valence-electron chi connectivity index (χ3n) is 1.84. The lowest BCUT2D eigenvalue weighted by atomic mass is 10.2. The fourth-order valence-corrected chi connectivity index (χ4v) is 1.50. The first-order valence-electron chi connectivity index (χ1n) is 5.24. The van der Waals surface area contributed by atoms with Crippen LogP contribution in [0.15, 0.2) is 29.4 Å². The van der Waals surface area contributed by atoms with Gasteiger partial charge in [0.15, 0.2) is 5.11 Å². The van der Waals surface area contributed by atoms with Crippen LogP contribution in [0.25, 0.3) is 0 Å². The highest BCUT2D eigenvalue weighted by atomic mass is 32.1. The van der Waals surface area contributed by atoms with Crippen molar-refractivity contribution in [2.24, 2.45) is 5.10 Å². The van der Waals surface area contributed by atoms with Crippen LogP contribution in [0.4, 0.5) is 0 Å². The van der Waals surface area contributed by atoms with E-state index in [9.17, 15) is 0 Å². The van der Waals surface area contributed by atoms with Crippen molar-refractivity contribution < 1.29 is 0 Å². The normalized spacial score (nSPS) is 10.8. The predicted octanol–water partition coefficient (Wildman–Crippen LogP) is 2.20. The number of hydrogen-bond acceptors (Lipinski definition) is 2. The molecule has 0 fully saturated rings. The van der Waals surface area contributed by atoms with Crippen LogP contribution in [0, 0.1) is 6.92 Å². The molecule has 0 saturated carbocycles. The number of nitrogens with one attached hydrogen (secondary N) is 2. The molecule has 0 aliphatic rings. The van der Waals surface area contributed by atoms with Gasteiger partial charge in [0.2, 0.25) is 0 Å². The van der Waals surface area contributed by atoms with E-state index in [1.807, 2.05) is 26.0 Å². The Kier molecular flexibility index (Phi) is 4.92. The summed E-state index contributed by atoms with van der Waals surface area (Å²) in [5.41, 5.74) is 5.04. The lowest BCUT2D eigenvalue weighted by Crippen LogP contribution is -2.36. The fourth-order valence-electron chi connectivity index (χ4n) is 1.21. The largest absolute Gasteiger partial charge is 0.359 e. The minimum Gasteiger partial charge on any atom is -0.359 e. The fraction of sp³-hybridized carbons (Fsp3) is 0.333. The number of rotatable bonds is 3. The van der Waals surface area contributed by atoms with Crippen LogP contribution in [0.3, 0.4) is 0 Å². The van der Waals surface area contributed by atoms with E-state index in [2.05, 4.69) is 34.9 Å². The first-order valence-corrected chi connectivity index (χ1v) is 5.65. The zero-order valence-electron chi connectivity index (χ0n) is 9.82. The Balaban J connectivity index is 2.46. The van der Waals surface area contributed by atoms with Crippen molar-refractivity contribution in [2.75, 3.05) is 0 Å². The lowest BCUT2D eigenvalue weighted by molar-refractivity contribution is 0.720. The summed E-state index contributed by atoms with van der Waals surface area (Å²) in [4.78, 5) is 0. The molecule has 2 N–H and O–H groups in total. The van der Waals surface area contributed by atoms with E-state index in [0.29, 0.717) is 11.2 Å². The van der Waals surface area contributed by atoms with E-state index < -0.39 is 0 Å². The monoisotopic (exact) mass is 235 g/mol. The Bertz CT molecular complexity index is 386. The van der Waals surface area contributed by atoms with Crippen molar-refractivity contribution in [1.82, 2.24) is 10.7 Å². The molecule has 3 nitrogen and oxygen atoms in total. The molecule has 0 unspecified atom stereocenters. The van der Waals surface area contributed by atoms with E-state index in [-0.39, 0.29) is 0 Å². The molecule has 1 rings (SSSR count). The average molecular weight is 235 g/mol. The molecule has 0 saturated heterocycles. The maximum atomic E-state index is 5.04. The molecule has 16 heavy (non-hydrogen) atoms. The Morgan fingerprint density at radius 3 is 2.81 bits per heavy atom. The number of hydrogen-bond donors (Lipinski definition) is 2. The molecule has 0 aliphatic heterocycles. The lowest BCUT2D eigenvalue weighted by Gasteiger charge is -2.09. The van der Waals surface area contributed by atoms with E-state index in [4.69, 9.17) is 12.2 Å². The molecule has 0 bridgehead atoms. The summed E-state index contributed by atoms with van der Waals surface area (Å²) in [7, 11) is 0. The van der Waals surface area contributed by atoms with Crippen molar-refractivity contribution in [3.63, 3.8) is 0 Å². The number of aryl methyl sites for hydroxylation is 1. The first kappa shape index (κ1) is 12.6. The van der Waals surface area contributed by atoms with Gasteiger partial charge in [-0.1, -0.05) is 29.8 Å². The zero-order chi connectivity index (χ0) is 12.0. The highest BCUT2D eigenvalue weighted by Crippen LogP contribution is 2.00. The molecule has 1 aromatic carbocycles. The Hall–Kier alpha value is -1.42. The predicted molar refractivity (Wildman–Crippen MR) is 72.8 cm³/mol. The van der Waals surface area contributed by atoms with Crippen LogP contribution >= 0.6 is 12.2 Å². The summed E-state index contributed by atoms with van der Waals surface area (Å²) in [5, 5.41) is 7.64. The minimum atomic E-state index is 0.314. The SMILES string of the molecule is Cc1cccc(/C=N\NC(=S)NC(C)C)c1. The molecule has 0 atom stereocenters. The molecule has 0 amide bonds. The van der Waals surface area contributed by atoms with Gasteiger partial charge in [0, 0.05) is 6.04 Å². The molecular weight excluding hydrogens is 218 g/mol. The van der Waals surface area contributed by atoms with Gasteiger partial charge in [-0.05, 0) is 38.6 Å². The third kappa shape index (κ3) is 4.89. The molecule has 0 heterocycles. The van der Waals surface area contributed by atoms with Gasteiger partial charge in [-0.2, -0.15) is 5.10 Å². The van der Waals surface area contributed by atoms with E-state index in [1.165, 1.54) is 5.56 Å². The highest BCUT2D eigenvalue weighted by molar-refractivity contribution is 7.80. The quantitative estimate of drug-likeness (QED) is 0.479. The van der Waals surface area contributed by atoms with Gasteiger partial charge in [0.25, 0.3) is 0 Å². The van der Waals surface area contributed by atoms with Crippen LogP contribution < -0.4 is 10.7 Å². The van der Waals surface area contributed by atoms with E-state index in [0.717, 1.165) is 5.56 Å². The second-order valence-electron chi connectivity index (χ2n) is 3.91. The Morgan fingerprint density at radius 2 is 2.19 bits per heavy atom. The van der Waals surface area contributed by atoms with Crippen LogP contribution in [-0.2, 0) is 0 Å². The van der Waals surface area contributed by atoms with Crippen molar-refractivity contribution in [3.8, 4) is 0 Å². The van der Waals surface area contributed by atoms with Crippen molar-refractivity contribution in [1.29, 1.82) is 0 Å². The summed E-state index contributed by atoms with van der Waals surface area (Å²) >= 11 is 5.04. The van der Waals surface area contributed by atoms with Gasteiger partial charge in [0.05, 0.1) is 6.21 Å². The minimum absolute atomic E-state index is 0.314. The Morgan fingerprint density at radius 1 is 1.44 bits per heavy atom. The van der Waals surface area contributed by atoms with E-state index >= 15 is 0 Å². The van der Waals surface area contributed by atoms with Gasteiger partial charge in [-0.3, -0.25) is 5.43 Å². The van der Waals surface area contributed by atoms with Crippen molar-refractivity contribution in [3.05, 3.63) is 35.4 Å². The highest BCUT2D eigenvalue weighted by Gasteiger charge is 1.94. The van der Waals surface area contributed by atoms with E-state index in [1.54, 1.807) is 6.21 Å². The number of hydrazone groups is 1. The van der Waals surface area contributed by atoms with Crippen LogP contribution in [-0.4, -0.2) is 17.4 Å². The summed E-state index contributed by atoms with van der Waals surface area (Å²) in [5.74, 6) is 0. The second kappa shape index (κ2) is 6.23. The first-order chi connectivity index (χ1) is 7.58. The van der Waals surface area contributed by atoms with Gasteiger partial charge in [-0.25, -0.2) is 0 Å². The second-order valence-corrected chi connectivity index (χ2v) is 4.32. The van der Waals surface area contributed by atoms with Crippen molar-refractivity contribution >= 4 is 23.5 Å². The average Bonchev–Trinajstić information content (AvgIpc) is 2.16. The molecule has 0 spiro atoms. The molecule has 4 heteroatoms. The number of thiocarbonyl (C=S) groups is 1. The molecule has 0 aliphatic carbocycles. The van der Waals surface area contributed by atoms with Gasteiger partial charge < -0.3 is 5.32 Å². The molecule has 0 radical (unpaired) electrons. The Labute approximate surface area is 102 Å². The molecule has 86 valence electrons. The third-order valence-corrected chi connectivity index (χ3v) is 2.05. The summed E-state index contributed by atoms with van der Waals surface area (Å²) in [6.45, 7) is 6.10. The maximum Gasteiger partial charge on any atom is 0.187 e. The molecular formula is C12H17N3S. The summed E-state index contributed by atoms with van der Waals surface area (Å²) < 4.78 is 0. The number of benzene rings is 1. The van der Waals surface area contributed by atoms with Crippen LogP contribution in [0.2, 0.25) is 0 Å². The van der Waals surface area contributed by atoms with Crippen molar-refractivity contribution in [2.45, 2.75) is 26.8 Å². The standard InChI is InChI=1S/C12H17N3S/c1-9(2)14-12(16)15-13-8-11-6-4-5-10(3)7-11/h4-9H,1-3H3,(H2,14,15,16)/b13-8-. The van der Waals surface area contributed by atoms with Gasteiger partial charge in [0.1, 0.15) is 0 Å². The maximum absolute atomic E-state index is 5.04. The van der Waals surface area contributed by atoms with Gasteiger partial charge >= 0.3 is 0 Å². The molecule has 1 aromatic rings. The van der Waals surface area contributed by atoms with Crippen LogP contribution in [0.1, 0.15) is 25.0 Å². The van der Waals surface area contributed by atoms with Gasteiger partial charge in [-0.15, -0.1) is 0 Å². The summed E-state index contributed by atoms with van der Waals surface area (Å²) in [6, 6.07) is 8.42.